The number of hydrogen-bond acceptors (Lipinski definition) is 5. The van der Waals surface area contributed by atoms with Crippen LogP contribution in [0, 0.1) is 0 Å². The Labute approximate surface area is 122 Å². The first-order valence-electron chi connectivity index (χ1n) is 6.63. The highest BCUT2D eigenvalue weighted by atomic mass is 32.2. The highest BCUT2D eigenvalue weighted by molar-refractivity contribution is 7.88. The summed E-state index contributed by atoms with van der Waals surface area (Å²) in [6.45, 7) is 2.71. The van der Waals surface area contributed by atoms with E-state index in [0.717, 1.165) is 13.0 Å². The van der Waals surface area contributed by atoms with Crippen molar-refractivity contribution < 1.29 is 17.9 Å². The summed E-state index contributed by atoms with van der Waals surface area (Å²) in [6, 6.07) is 0. The minimum absolute atomic E-state index is 0.0491. The largest absolute Gasteiger partial charge is 0.385 e. The Balaban J connectivity index is 3.68. The van der Waals surface area contributed by atoms with Gasteiger partial charge in [0.1, 0.15) is 0 Å². The minimum Gasteiger partial charge on any atom is -0.385 e. The van der Waals surface area contributed by atoms with Crippen molar-refractivity contribution in [2.45, 2.75) is 12.8 Å². The second-order valence-corrected chi connectivity index (χ2v) is 6.96. The normalized spacial score (nSPS) is 12.1. The van der Waals surface area contributed by atoms with Gasteiger partial charge in [0, 0.05) is 40.4 Å². The van der Waals surface area contributed by atoms with E-state index in [2.05, 4.69) is 5.32 Å². The number of amides is 1. The third-order valence-corrected chi connectivity index (χ3v) is 4.15. The predicted octanol–water partition coefficient (Wildman–Crippen LogP) is -0.648. The SMILES string of the molecule is COCCCN(C)CC(=O)NCCCN(C)S(C)(=O)=O. The number of likely N-dealkylation sites (N-methyl/N-ethyl adjacent to an activating group) is 1. The van der Waals surface area contributed by atoms with Crippen LogP contribution in [0.3, 0.4) is 0 Å². The fourth-order valence-corrected chi connectivity index (χ4v) is 2.02. The molecule has 0 rings (SSSR count). The van der Waals surface area contributed by atoms with Gasteiger partial charge >= 0.3 is 0 Å². The molecule has 0 fully saturated rings. The van der Waals surface area contributed by atoms with E-state index in [1.165, 1.54) is 17.6 Å². The van der Waals surface area contributed by atoms with Crippen molar-refractivity contribution in [3.63, 3.8) is 0 Å². The number of nitrogens with one attached hydrogen (secondary N) is 1. The van der Waals surface area contributed by atoms with Crippen molar-refractivity contribution in [2.75, 3.05) is 60.2 Å². The predicted molar refractivity (Wildman–Crippen MR) is 79.1 cm³/mol. The van der Waals surface area contributed by atoms with Gasteiger partial charge in [0.2, 0.25) is 15.9 Å². The number of hydrogen-bond donors (Lipinski definition) is 1. The lowest BCUT2D eigenvalue weighted by atomic mass is 10.4. The van der Waals surface area contributed by atoms with E-state index in [-0.39, 0.29) is 5.91 Å². The lowest BCUT2D eigenvalue weighted by molar-refractivity contribution is -0.122. The molecule has 0 aromatic rings. The lowest BCUT2D eigenvalue weighted by Crippen LogP contribution is -2.37. The van der Waals surface area contributed by atoms with Gasteiger partial charge in [-0.15, -0.1) is 0 Å². The summed E-state index contributed by atoms with van der Waals surface area (Å²) < 4.78 is 28.5. The average molecular weight is 309 g/mol. The first-order valence-corrected chi connectivity index (χ1v) is 8.47. The van der Waals surface area contributed by atoms with Crippen LogP contribution >= 0.6 is 0 Å². The van der Waals surface area contributed by atoms with Gasteiger partial charge in [-0.25, -0.2) is 12.7 Å². The molecule has 1 N–H and O–H groups in total. The smallest absolute Gasteiger partial charge is 0.234 e. The van der Waals surface area contributed by atoms with Crippen molar-refractivity contribution in [3.8, 4) is 0 Å². The van der Waals surface area contributed by atoms with Crippen molar-refractivity contribution in [3.05, 3.63) is 0 Å². The van der Waals surface area contributed by atoms with Gasteiger partial charge in [-0.05, 0) is 19.9 Å². The van der Waals surface area contributed by atoms with Crippen molar-refractivity contribution in [1.29, 1.82) is 0 Å². The maximum atomic E-state index is 11.6. The minimum atomic E-state index is -3.13. The molecule has 0 bridgehead atoms. The molecule has 7 nitrogen and oxygen atoms in total. The maximum Gasteiger partial charge on any atom is 0.234 e. The van der Waals surface area contributed by atoms with E-state index < -0.39 is 10.0 Å². The van der Waals surface area contributed by atoms with Gasteiger partial charge < -0.3 is 10.1 Å². The molecule has 0 atom stereocenters. The Morgan fingerprint density at radius 1 is 1.20 bits per heavy atom. The van der Waals surface area contributed by atoms with Crippen LogP contribution in [-0.4, -0.2) is 83.8 Å². The van der Waals surface area contributed by atoms with Crippen LogP contribution in [0.25, 0.3) is 0 Å². The van der Waals surface area contributed by atoms with Crippen molar-refractivity contribution in [2.24, 2.45) is 0 Å². The molecule has 0 aliphatic heterocycles. The van der Waals surface area contributed by atoms with Gasteiger partial charge in [0.25, 0.3) is 0 Å². The molecular formula is C12H27N3O4S. The summed E-state index contributed by atoms with van der Waals surface area (Å²) >= 11 is 0. The van der Waals surface area contributed by atoms with Gasteiger partial charge in [0.15, 0.2) is 0 Å². The average Bonchev–Trinajstić information content (AvgIpc) is 2.33. The van der Waals surface area contributed by atoms with Crippen molar-refractivity contribution >= 4 is 15.9 Å². The van der Waals surface area contributed by atoms with Crippen LogP contribution in [0.4, 0.5) is 0 Å². The molecule has 0 aliphatic carbocycles. The molecule has 0 radical (unpaired) electrons. The number of carbonyl (C=O) groups excluding carboxylic acids is 1. The number of methoxy groups -OCH3 is 1. The summed E-state index contributed by atoms with van der Waals surface area (Å²) in [5, 5.41) is 2.78. The molecule has 120 valence electrons. The molecule has 0 aliphatic rings. The van der Waals surface area contributed by atoms with E-state index in [1.54, 1.807) is 7.11 Å². The molecule has 0 aromatic heterocycles. The summed E-state index contributed by atoms with van der Waals surface area (Å²) in [5.41, 5.74) is 0. The Morgan fingerprint density at radius 2 is 1.85 bits per heavy atom. The summed E-state index contributed by atoms with van der Waals surface area (Å²) in [7, 11) is 1.93. The number of ether oxygens (including phenoxy) is 1. The standard InChI is InChI=1S/C12H27N3O4S/c1-14(8-6-10-19-3)11-12(16)13-7-5-9-15(2)20(4,17)18/h5-11H2,1-4H3,(H,13,16). The van der Waals surface area contributed by atoms with E-state index in [1.807, 2.05) is 11.9 Å². The van der Waals surface area contributed by atoms with Crippen molar-refractivity contribution in [1.82, 2.24) is 14.5 Å². The van der Waals surface area contributed by atoms with Crippen LogP contribution < -0.4 is 5.32 Å². The van der Waals surface area contributed by atoms with Gasteiger partial charge in [-0.1, -0.05) is 0 Å². The Hall–Kier alpha value is -0.700. The first-order chi connectivity index (χ1) is 9.27. The number of nitrogens with zero attached hydrogens (tertiary/aromatic N) is 2. The highest BCUT2D eigenvalue weighted by Gasteiger charge is 2.10. The van der Waals surface area contributed by atoms with Crippen LogP contribution in [0.1, 0.15) is 12.8 Å². The first kappa shape index (κ1) is 19.3. The molecule has 0 aromatic carbocycles. The molecule has 20 heavy (non-hydrogen) atoms. The molecule has 8 heteroatoms. The number of carbonyl (C=O) groups is 1. The van der Waals surface area contributed by atoms with Gasteiger partial charge in [-0.2, -0.15) is 0 Å². The van der Waals surface area contributed by atoms with Crippen LogP contribution in [0.15, 0.2) is 0 Å². The second-order valence-electron chi connectivity index (χ2n) is 4.87. The Bertz CT molecular complexity index is 373. The van der Waals surface area contributed by atoms with Crippen LogP contribution in [0.5, 0.6) is 0 Å². The van der Waals surface area contributed by atoms with Gasteiger partial charge in [-0.3, -0.25) is 9.69 Å². The Kier molecular flexibility index (Phi) is 9.74. The summed E-state index contributed by atoms with van der Waals surface area (Å²) in [5.74, 6) is -0.0491. The van der Waals surface area contributed by atoms with E-state index in [9.17, 15) is 13.2 Å². The fraction of sp³-hybridized carbons (Fsp3) is 0.917. The summed E-state index contributed by atoms with van der Waals surface area (Å²) in [4.78, 5) is 13.5. The zero-order chi connectivity index (χ0) is 15.6. The zero-order valence-electron chi connectivity index (χ0n) is 12.9. The second kappa shape index (κ2) is 10.1. The third-order valence-electron chi connectivity index (χ3n) is 2.84. The fourth-order valence-electron chi connectivity index (χ4n) is 1.55. The van der Waals surface area contributed by atoms with Gasteiger partial charge in [0.05, 0.1) is 12.8 Å². The zero-order valence-corrected chi connectivity index (χ0v) is 13.7. The van der Waals surface area contributed by atoms with Crippen LogP contribution in [-0.2, 0) is 19.6 Å². The van der Waals surface area contributed by atoms with E-state index >= 15 is 0 Å². The molecule has 0 saturated carbocycles. The molecular weight excluding hydrogens is 282 g/mol. The van der Waals surface area contributed by atoms with E-state index in [4.69, 9.17) is 4.74 Å². The third kappa shape index (κ3) is 10.1. The van der Waals surface area contributed by atoms with E-state index in [0.29, 0.717) is 32.7 Å². The molecule has 0 saturated heterocycles. The molecule has 0 spiro atoms. The topological polar surface area (TPSA) is 79.0 Å². The maximum absolute atomic E-state index is 11.6. The molecule has 0 heterocycles. The number of sulfonamides is 1. The number of rotatable bonds is 11. The molecule has 1 amide bonds. The highest BCUT2D eigenvalue weighted by Crippen LogP contribution is 1.94. The monoisotopic (exact) mass is 309 g/mol. The quantitative estimate of drug-likeness (QED) is 0.513. The van der Waals surface area contributed by atoms with Crippen LogP contribution in [0.2, 0.25) is 0 Å². The molecule has 0 unspecified atom stereocenters. The summed E-state index contributed by atoms with van der Waals surface area (Å²) in [6.07, 6.45) is 2.66. The lowest BCUT2D eigenvalue weighted by Gasteiger charge is -2.17. The Morgan fingerprint density at radius 3 is 2.40 bits per heavy atom.